The zero-order chi connectivity index (χ0) is 19.8. The topological polar surface area (TPSA) is 70.2 Å². The Labute approximate surface area is 167 Å². The van der Waals surface area contributed by atoms with Gasteiger partial charge in [-0.3, -0.25) is 4.79 Å². The number of amides is 1. The van der Waals surface area contributed by atoms with Crippen LogP contribution in [0.3, 0.4) is 0 Å². The average molecular weight is 382 g/mol. The molecular formula is C22H31N5O. The van der Waals surface area contributed by atoms with Crippen LogP contribution in [-0.4, -0.2) is 35.5 Å². The quantitative estimate of drug-likeness (QED) is 0.728. The number of hydrogen-bond donors (Lipinski definition) is 2. The molecule has 2 aromatic rings. The second-order valence-corrected chi connectivity index (χ2v) is 7.48. The maximum Gasteiger partial charge on any atom is 0.220 e. The van der Waals surface area contributed by atoms with Gasteiger partial charge in [-0.25, -0.2) is 9.97 Å². The molecule has 1 aliphatic rings. The van der Waals surface area contributed by atoms with Crippen molar-refractivity contribution in [3.8, 4) is 0 Å². The lowest BCUT2D eigenvalue weighted by molar-refractivity contribution is -0.122. The first-order valence-electron chi connectivity index (χ1n) is 10.3. The van der Waals surface area contributed by atoms with E-state index < -0.39 is 0 Å². The lowest BCUT2D eigenvalue weighted by Crippen LogP contribution is -2.36. The van der Waals surface area contributed by atoms with Gasteiger partial charge in [0.15, 0.2) is 0 Å². The summed E-state index contributed by atoms with van der Waals surface area (Å²) in [4.78, 5) is 23.4. The molecule has 150 valence electrons. The Morgan fingerprint density at radius 2 is 2.11 bits per heavy atom. The van der Waals surface area contributed by atoms with Crippen molar-refractivity contribution in [1.82, 2.24) is 15.3 Å². The average Bonchev–Trinajstić information content (AvgIpc) is 2.73. The fraction of sp³-hybridized carbons (Fsp3) is 0.500. The second kappa shape index (κ2) is 10.1. The Balaban J connectivity index is 1.48. The molecule has 1 saturated heterocycles. The number of benzene rings is 1. The van der Waals surface area contributed by atoms with Gasteiger partial charge in [0, 0.05) is 32.1 Å². The molecule has 1 aromatic heterocycles. The number of anilines is 2. The van der Waals surface area contributed by atoms with Crippen LogP contribution in [-0.2, 0) is 4.79 Å². The molecule has 2 heterocycles. The van der Waals surface area contributed by atoms with Gasteiger partial charge in [0.05, 0.1) is 6.04 Å². The van der Waals surface area contributed by atoms with Crippen LogP contribution in [0.15, 0.2) is 42.7 Å². The van der Waals surface area contributed by atoms with Crippen molar-refractivity contribution in [2.45, 2.75) is 45.6 Å². The summed E-state index contributed by atoms with van der Waals surface area (Å²) in [6, 6.07) is 12.2. The highest BCUT2D eigenvalue weighted by atomic mass is 16.1. The van der Waals surface area contributed by atoms with Crippen molar-refractivity contribution in [3.63, 3.8) is 0 Å². The summed E-state index contributed by atoms with van der Waals surface area (Å²) < 4.78 is 0. The maximum atomic E-state index is 12.4. The Bertz CT molecular complexity index is 752. The second-order valence-electron chi connectivity index (χ2n) is 7.48. The minimum Gasteiger partial charge on any atom is -0.370 e. The molecule has 0 radical (unpaired) electrons. The summed E-state index contributed by atoms with van der Waals surface area (Å²) in [5.41, 5.74) is 1.14. The Morgan fingerprint density at radius 3 is 2.89 bits per heavy atom. The summed E-state index contributed by atoms with van der Waals surface area (Å²) in [5.74, 6) is 2.48. The van der Waals surface area contributed by atoms with Crippen molar-refractivity contribution in [2.75, 3.05) is 29.9 Å². The molecule has 0 spiro atoms. The van der Waals surface area contributed by atoms with Gasteiger partial charge in [0.2, 0.25) is 5.91 Å². The van der Waals surface area contributed by atoms with Crippen LogP contribution in [0.2, 0.25) is 0 Å². The van der Waals surface area contributed by atoms with Crippen molar-refractivity contribution in [2.24, 2.45) is 5.92 Å². The van der Waals surface area contributed by atoms with E-state index in [-0.39, 0.29) is 11.9 Å². The number of rotatable bonds is 8. The third-order valence-corrected chi connectivity index (χ3v) is 5.31. The van der Waals surface area contributed by atoms with Gasteiger partial charge < -0.3 is 15.5 Å². The highest BCUT2D eigenvalue weighted by Crippen LogP contribution is 2.25. The monoisotopic (exact) mass is 381 g/mol. The number of nitrogens with one attached hydrogen (secondary N) is 2. The van der Waals surface area contributed by atoms with Crippen LogP contribution in [0.4, 0.5) is 11.6 Å². The van der Waals surface area contributed by atoms with Gasteiger partial charge in [-0.15, -0.1) is 0 Å². The summed E-state index contributed by atoms with van der Waals surface area (Å²) in [6.07, 6.45) is 5.41. The van der Waals surface area contributed by atoms with Gasteiger partial charge in [0.25, 0.3) is 0 Å². The molecule has 2 N–H and O–H groups in total. The first kappa shape index (κ1) is 20.1. The molecule has 2 atom stereocenters. The van der Waals surface area contributed by atoms with E-state index in [1.54, 1.807) is 6.33 Å². The third-order valence-electron chi connectivity index (χ3n) is 5.31. The fourth-order valence-electron chi connectivity index (χ4n) is 3.78. The molecule has 0 bridgehead atoms. The van der Waals surface area contributed by atoms with Crippen LogP contribution in [0, 0.1) is 5.92 Å². The van der Waals surface area contributed by atoms with Crippen molar-refractivity contribution in [3.05, 3.63) is 48.3 Å². The van der Waals surface area contributed by atoms with E-state index in [9.17, 15) is 4.79 Å². The first-order valence-corrected chi connectivity index (χ1v) is 10.3. The first-order chi connectivity index (χ1) is 13.7. The Kier molecular flexibility index (Phi) is 7.23. The van der Waals surface area contributed by atoms with Gasteiger partial charge in [0.1, 0.15) is 18.0 Å². The van der Waals surface area contributed by atoms with Crippen LogP contribution < -0.4 is 15.5 Å². The molecule has 0 saturated carbocycles. The van der Waals surface area contributed by atoms with Gasteiger partial charge in [-0.1, -0.05) is 30.3 Å². The van der Waals surface area contributed by atoms with Gasteiger partial charge >= 0.3 is 0 Å². The van der Waals surface area contributed by atoms with E-state index in [1.165, 1.54) is 6.42 Å². The molecule has 6 heteroatoms. The highest BCUT2D eigenvalue weighted by Gasteiger charge is 2.22. The molecule has 6 nitrogen and oxygen atoms in total. The lowest BCUT2D eigenvalue weighted by atomic mass is 9.93. The SMILES string of the molecule is CCNc1cc(N2CCCC(CCC(=O)NC(C)c3ccccc3)C2)ncn1. The van der Waals surface area contributed by atoms with Crippen LogP contribution >= 0.6 is 0 Å². The van der Waals surface area contributed by atoms with Crippen LogP contribution in [0.5, 0.6) is 0 Å². The molecule has 2 unspecified atom stereocenters. The zero-order valence-electron chi connectivity index (χ0n) is 16.9. The molecule has 28 heavy (non-hydrogen) atoms. The standard InChI is InChI=1S/C22H31N5O/c1-3-23-20-14-21(25-16-24-20)27-13-7-8-18(15-27)11-12-22(28)26-17(2)19-9-5-4-6-10-19/h4-6,9-10,14,16-18H,3,7-8,11-13,15H2,1-2H3,(H,26,28)(H,23,24,25). The maximum absolute atomic E-state index is 12.4. The number of carbonyl (C=O) groups is 1. The minimum atomic E-state index is 0.0436. The van der Waals surface area contributed by atoms with E-state index in [0.717, 1.165) is 49.7 Å². The van der Waals surface area contributed by atoms with Gasteiger partial charge in [-0.05, 0) is 44.6 Å². The van der Waals surface area contributed by atoms with Crippen molar-refractivity contribution < 1.29 is 4.79 Å². The molecule has 3 rings (SSSR count). The van der Waals surface area contributed by atoms with E-state index in [2.05, 4.69) is 32.4 Å². The third kappa shape index (κ3) is 5.68. The summed E-state index contributed by atoms with van der Waals surface area (Å²) in [5, 5.41) is 6.36. The number of hydrogen-bond acceptors (Lipinski definition) is 5. The van der Waals surface area contributed by atoms with Crippen LogP contribution in [0.1, 0.15) is 51.1 Å². The zero-order valence-corrected chi connectivity index (χ0v) is 16.9. The summed E-state index contributed by atoms with van der Waals surface area (Å²) in [6.45, 7) is 6.89. The molecule has 1 amide bonds. The molecular weight excluding hydrogens is 350 g/mol. The van der Waals surface area contributed by atoms with Crippen LogP contribution in [0.25, 0.3) is 0 Å². The number of carbonyl (C=O) groups excluding carboxylic acids is 1. The largest absolute Gasteiger partial charge is 0.370 e. The predicted molar refractivity (Wildman–Crippen MR) is 113 cm³/mol. The van der Waals surface area contributed by atoms with E-state index >= 15 is 0 Å². The molecule has 1 fully saturated rings. The summed E-state index contributed by atoms with van der Waals surface area (Å²) in [7, 11) is 0. The normalized spacial score (nSPS) is 17.8. The predicted octanol–water partition coefficient (Wildman–Crippen LogP) is 3.78. The molecule has 1 aromatic carbocycles. The van der Waals surface area contributed by atoms with E-state index in [4.69, 9.17) is 0 Å². The lowest BCUT2D eigenvalue weighted by Gasteiger charge is -2.33. The van der Waals surface area contributed by atoms with Crippen molar-refractivity contribution in [1.29, 1.82) is 0 Å². The minimum absolute atomic E-state index is 0.0436. The smallest absolute Gasteiger partial charge is 0.220 e. The molecule has 0 aliphatic carbocycles. The van der Waals surface area contributed by atoms with Gasteiger partial charge in [-0.2, -0.15) is 0 Å². The van der Waals surface area contributed by atoms with Crippen molar-refractivity contribution >= 4 is 17.5 Å². The number of piperidine rings is 1. The Hall–Kier alpha value is -2.63. The Morgan fingerprint density at radius 1 is 1.29 bits per heavy atom. The number of aromatic nitrogens is 2. The fourth-order valence-corrected chi connectivity index (χ4v) is 3.78. The van der Waals surface area contributed by atoms with E-state index in [0.29, 0.717) is 12.3 Å². The summed E-state index contributed by atoms with van der Waals surface area (Å²) >= 11 is 0. The van der Waals surface area contributed by atoms with E-state index in [1.807, 2.05) is 43.3 Å². The molecule has 1 aliphatic heterocycles. The highest BCUT2D eigenvalue weighted by molar-refractivity contribution is 5.76. The number of nitrogens with zero attached hydrogens (tertiary/aromatic N) is 3.